The average molecular weight is 321 g/mol. The van der Waals surface area contributed by atoms with E-state index in [4.69, 9.17) is 0 Å². The van der Waals surface area contributed by atoms with Gasteiger partial charge in [0.2, 0.25) is 0 Å². The number of aryl methyl sites for hydroxylation is 1. The van der Waals surface area contributed by atoms with Gasteiger partial charge < -0.3 is 10.4 Å². The Kier molecular flexibility index (Phi) is 4.38. The molecule has 1 aromatic heterocycles. The summed E-state index contributed by atoms with van der Waals surface area (Å²) < 4.78 is 1.70. The molecule has 3 aromatic rings. The lowest BCUT2D eigenvalue weighted by molar-refractivity contribution is -0.672. The van der Waals surface area contributed by atoms with Crippen molar-refractivity contribution < 1.29 is 14.5 Å². The molecule has 6 nitrogen and oxygen atoms in total. The van der Waals surface area contributed by atoms with Gasteiger partial charge in [-0.3, -0.25) is 0 Å². The fraction of sp³-hybridized carbons (Fsp3) is 0.0556. The molecule has 0 saturated heterocycles. The van der Waals surface area contributed by atoms with Crippen molar-refractivity contribution in [1.29, 1.82) is 0 Å². The van der Waals surface area contributed by atoms with Crippen LogP contribution in [0.15, 0.2) is 65.9 Å². The molecule has 24 heavy (non-hydrogen) atoms. The van der Waals surface area contributed by atoms with E-state index in [1.54, 1.807) is 29.9 Å². The van der Waals surface area contributed by atoms with Crippen LogP contribution in [-0.2, 0) is 7.05 Å². The molecule has 3 N–H and O–H groups in total. The van der Waals surface area contributed by atoms with Gasteiger partial charge in [-0.15, -0.1) is 0 Å². The maximum atomic E-state index is 12.0. The highest BCUT2D eigenvalue weighted by Gasteiger charge is 2.09. The lowest BCUT2D eigenvalue weighted by atomic mass is 10.1. The molecule has 6 heteroatoms. The number of nitrogens with one attached hydrogen (secondary N) is 2. The van der Waals surface area contributed by atoms with Crippen LogP contribution in [0.5, 0.6) is 5.75 Å². The molecule has 0 unspecified atom stereocenters. The molecule has 0 radical (unpaired) electrons. The number of fused-ring (bicyclic) bond motifs is 1. The van der Waals surface area contributed by atoms with Gasteiger partial charge in [0, 0.05) is 11.5 Å². The third kappa shape index (κ3) is 3.33. The van der Waals surface area contributed by atoms with Crippen molar-refractivity contribution in [3.63, 3.8) is 0 Å². The van der Waals surface area contributed by atoms with Crippen molar-refractivity contribution in [1.82, 2.24) is 5.43 Å². The largest absolute Gasteiger partial charge is 0.502 e. The normalized spacial score (nSPS) is 10.9. The summed E-state index contributed by atoms with van der Waals surface area (Å²) in [5.74, 6) is 0.0833. The zero-order valence-electron chi connectivity index (χ0n) is 13.1. The quantitative estimate of drug-likeness (QED) is 0.394. The number of anilines is 1. The Balaban J connectivity index is 1.71. The van der Waals surface area contributed by atoms with Crippen molar-refractivity contribution in [2.24, 2.45) is 12.1 Å². The number of hydrogen-bond donors (Lipinski definition) is 3. The van der Waals surface area contributed by atoms with E-state index in [0.717, 1.165) is 10.8 Å². The second kappa shape index (κ2) is 6.78. The fourth-order valence-electron chi connectivity index (χ4n) is 2.40. The molecule has 0 aliphatic heterocycles. The van der Waals surface area contributed by atoms with Gasteiger partial charge in [0.05, 0.1) is 5.69 Å². The lowest BCUT2D eigenvalue weighted by Crippen LogP contribution is -2.33. The van der Waals surface area contributed by atoms with Gasteiger partial charge >= 0.3 is 6.03 Å². The van der Waals surface area contributed by atoms with E-state index in [1.165, 1.54) is 6.21 Å². The van der Waals surface area contributed by atoms with Crippen LogP contribution in [0.4, 0.5) is 10.5 Å². The third-order valence-electron chi connectivity index (χ3n) is 3.60. The second-order valence-electron chi connectivity index (χ2n) is 5.24. The first kappa shape index (κ1) is 15.5. The Morgan fingerprint density at radius 3 is 2.75 bits per heavy atom. The van der Waals surface area contributed by atoms with Crippen LogP contribution < -0.4 is 15.3 Å². The molecule has 0 fully saturated rings. The predicted molar refractivity (Wildman–Crippen MR) is 93.0 cm³/mol. The molecule has 0 aliphatic rings. The smallest absolute Gasteiger partial charge is 0.339 e. The number of benzene rings is 2. The number of nitrogens with zero attached hydrogens (tertiary/aromatic N) is 2. The number of urea groups is 1. The number of pyridine rings is 1. The molecule has 2 aromatic carbocycles. The highest BCUT2D eigenvalue weighted by atomic mass is 16.3. The van der Waals surface area contributed by atoms with Gasteiger partial charge in [0.15, 0.2) is 11.9 Å². The molecular weight excluding hydrogens is 304 g/mol. The van der Waals surface area contributed by atoms with Crippen LogP contribution >= 0.6 is 0 Å². The van der Waals surface area contributed by atoms with E-state index in [-0.39, 0.29) is 5.75 Å². The summed E-state index contributed by atoms with van der Waals surface area (Å²) in [6.45, 7) is 0. The van der Waals surface area contributed by atoms with E-state index in [9.17, 15) is 9.90 Å². The summed E-state index contributed by atoms with van der Waals surface area (Å²) in [4.78, 5) is 12.0. The molecule has 1 heterocycles. The second-order valence-corrected chi connectivity index (χ2v) is 5.24. The summed E-state index contributed by atoms with van der Waals surface area (Å²) in [5, 5.41) is 18.4. The minimum absolute atomic E-state index is 0.0833. The zero-order valence-corrected chi connectivity index (χ0v) is 13.1. The topological polar surface area (TPSA) is 77.6 Å². The van der Waals surface area contributed by atoms with Crippen molar-refractivity contribution in [3.05, 3.63) is 66.5 Å². The van der Waals surface area contributed by atoms with E-state index < -0.39 is 6.03 Å². The Hall–Kier alpha value is -3.41. The Bertz CT molecular complexity index is 896. The van der Waals surface area contributed by atoms with Crippen LogP contribution in [0.2, 0.25) is 0 Å². The van der Waals surface area contributed by atoms with E-state index >= 15 is 0 Å². The van der Waals surface area contributed by atoms with Gasteiger partial charge in [-0.2, -0.15) is 9.67 Å². The lowest BCUT2D eigenvalue weighted by Gasteiger charge is -2.07. The molecular formula is C18H17N4O2+. The number of aromatic nitrogens is 1. The average Bonchev–Trinajstić information content (AvgIpc) is 2.58. The summed E-state index contributed by atoms with van der Waals surface area (Å²) in [6.07, 6.45) is 3.16. The van der Waals surface area contributed by atoms with E-state index in [0.29, 0.717) is 11.4 Å². The van der Waals surface area contributed by atoms with Gasteiger partial charge in [-0.25, -0.2) is 10.2 Å². The summed E-state index contributed by atoms with van der Waals surface area (Å²) in [7, 11) is 1.78. The predicted octanol–water partition coefficient (Wildman–Crippen LogP) is 2.53. The zero-order chi connectivity index (χ0) is 16.9. The molecule has 0 saturated carbocycles. The van der Waals surface area contributed by atoms with Gasteiger partial charge in [0.1, 0.15) is 13.3 Å². The van der Waals surface area contributed by atoms with Gasteiger partial charge in [-0.1, -0.05) is 36.4 Å². The van der Waals surface area contributed by atoms with Crippen LogP contribution in [0, 0.1) is 0 Å². The Morgan fingerprint density at radius 2 is 1.92 bits per heavy atom. The molecule has 0 spiro atoms. The number of carbonyl (C=O) groups is 1. The molecule has 0 bridgehead atoms. The number of hydrazone groups is 1. The number of aromatic hydroxyl groups is 1. The minimum Gasteiger partial charge on any atom is -0.502 e. The van der Waals surface area contributed by atoms with Crippen molar-refractivity contribution in [2.75, 3.05) is 5.32 Å². The van der Waals surface area contributed by atoms with Crippen LogP contribution in [0.25, 0.3) is 10.8 Å². The first-order valence-corrected chi connectivity index (χ1v) is 7.40. The summed E-state index contributed by atoms with van der Waals surface area (Å²) >= 11 is 0. The molecule has 2 amide bonds. The Labute approximate surface area is 139 Å². The summed E-state index contributed by atoms with van der Waals surface area (Å²) in [6, 6.07) is 16.3. The highest BCUT2D eigenvalue weighted by molar-refractivity contribution is 6.01. The molecule has 0 aliphatic carbocycles. The van der Waals surface area contributed by atoms with Crippen LogP contribution in [-0.4, -0.2) is 17.4 Å². The number of amides is 2. The first-order chi connectivity index (χ1) is 11.6. The van der Waals surface area contributed by atoms with Gasteiger partial charge in [-0.05, 0) is 17.5 Å². The maximum absolute atomic E-state index is 12.0. The number of hydrogen-bond acceptors (Lipinski definition) is 3. The van der Waals surface area contributed by atoms with Gasteiger partial charge in [0.25, 0.3) is 5.69 Å². The molecule has 0 atom stereocenters. The number of carbonyl (C=O) groups excluding carboxylic acids is 1. The Morgan fingerprint density at radius 1 is 1.12 bits per heavy atom. The fourth-order valence-corrected chi connectivity index (χ4v) is 2.40. The standard InChI is InChI=1S/C18H16N4O2/c1-22-11-5-10-17(23)16(22)12-19-21-18(24)20-15-9-4-7-13-6-2-3-8-14(13)15/h2-12H,1H3,(H2,20,23,24)/p+1. The maximum Gasteiger partial charge on any atom is 0.339 e. The molecule has 120 valence electrons. The molecule has 3 rings (SSSR count). The minimum atomic E-state index is -0.458. The van der Waals surface area contributed by atoms with E-state index in [1.807, 2.05) is 42.5 Å². The number of rotatable bonds is 3. The van der Waals surface area contributed by atoms with Crippen LogP contribution in [0.1, 0.15) is 5.69 Å². The van der Waals surface area contributed by atoms with E-state index in [2.05, 4.69) is 15.8 Å². The SMILES string of the molecule is C[n+]1cccc(O)c1C=NNC(=O)Nc1cccc2ccccc12. The van der Waals surface area contributed by atoms with Crippen molar-refractivity contribution in [2.45, 2.75) is 0 Å². The third-order valence-corrected chi connectivity index (χ3v) is 3.60. The first-order valence-electron chi connectivity index (χ1n) is 7.40. The highest BCUT2D eigenvalue weighted by Crippen LogP contribution is 2.22. The summed E-state index contributed by atoms with van der Waals surface area (Å²) in [5.41, 5.74) is 3.59. The monoisotopic (exact) mass is 321 g/mol. The van der Waals surface area contributed by atoms with Crippen molar-refractivity contribution in [3.8, 4) is 5.75 Å². The van der Waals surface area contributed by atoms with Crippen LogP contribution in [0.3, 0.4) is 0 Å². The van der Waals surface area contributed by atoms with Crippen molar-refractivity contribution >= 4 is 28.7 Å².